The van der Waals surface area contributed by atoms with Gasteiger partial charge < -0.3 is 10.4 Å². The second-order valence-corrected chi connectivity index (χ2v) is 7.17. The van der Waals surface area contributed by atoms with Gasteiger partial charge in [-0.1, -0.05) is 35.5 Å². The Labute approximate surface area is 165 Å². The van der Waals surface area contributed by atoms with Crippen LogP contribution in [0.25, 0.3) is 10.9 Å². The third kappa shape index (κ3) is 4.88. The first kappa shape index (κ1) is 19.4. The molecular weight excluding hydrogens is 386 g/mol. The van der Waals surface area contributed by atoms with Gasteiger partial charge in [0.2, 0.25) is 5.91 Å². The molecule has 1 heterocycles. The Morgan fingerprint density at radius 3 is 2.67 bits per heavy atom. The Hall–Kier alpha value is -2.35. The number of aromatic nitrogens is 2. The van der Waals surface area contributed by atoms with Crippen LogP contribution < -0.4 is 10.9 Å². The minimum absolute atomic E-state index is 0.0274. The van der Waals surface area contributed by atoms with Gasteiger partial charge in [0.15, 0.2) is 5.16 Å². The number of carbonyl (C=O) groups excluding carboxylic acids is 1. The van der Waals surface area contributed by atoms with E-state index in [1.807, 2.05) is 6.07 Å². The van der Waals surface area contributed by atoms with Gasteiger partial charge in [-0.05, 0) is 42.8 Å². The number of benzene rings is 2. The zero-order chi connectivity index (χ0) is 19.2. The molecule has 3 aromatic rings. The fraction of sp³-hybridized carbons (Fsp3) is 0.211. The molecule has 2 N–H and O–H groups in total. The molecule has 0 bridgehead atoms. The third-order valence-electron chi connectivity index (χ3n) is 3.83. The van der Waals surface area contributed by atoms with Crippen LogP contribution in [0.1, 0.15) is 6.42 Å². The van der Waals surface area contributed by atoms with Crippen LogP contribution in [-0.4, -0.2) is 32.9 Å². The van der Waals surface area contributed by atoms with Crippen molar-refractivity contribution in [2.24, 2.45) is 0 Å². The molecule has 140 valence electrons. The lowest BCUT2D eigenvalue weighted by Crippen LogP contribution is -2.24. The highest BCUT2D eigenvalue weighted by molar-refractivity contribution is 7.99. The Bertz CT molecular complexity index is 1010. The Morgan fingerprint density at radius 1 is 1.19 bits per heavy atom. The van der Waals surface area contributed by atoms with Gasteiger partial charge in [-0.3, -0.25) is 14.2 Å². The molecule has 1 aromatic heterocycles. The smallest absolute Gasteiger partial charge is 0.262 e. The topological polar surface area (TPSA) is 84.2 Å². The molecule has 8 heteroatoms. The highest BCUT2D eigenvalue weighted by atomic mass is 35.5. The number of carbonyl (C=O) groups is 1. The van der Waals surface area contributed by atoms with Crippen molar-refractivity contribution in [2.75, 3.05) is 17.7 Å². The van der Waals surface area contributed by atoms with E-state index in [-0.39, 0.29) is 23.8 Å². The summed E-state index contributed by atoms with van der Waals surface area (Å²) in [7, 11) is 0. The normalized spacial score (nSPS) is 10.9. The fourth-order valence-electron chi connectivity index (χ4n) is 2.54. The third-order valence-corrected chi connectivity index (χ3v) is 5.06. The molecular formula is C19H18ClN3O3S. The second-order valence-electron chi connectivity index (χ2n) is 5.79. The molecule has 6 nitrogen and oxygen atoms in total. The summed E-state index contributed by atoms with van der Waals surface area (Å²) in [6.07, 6.45) is 0.435. The first-order chi connectivity index (χ1) is 13.1. The van der Waals surface area contributed by atoms with Crippen LogP contribution in [0.3, 0.4) is 0 Å². The van der Waals surface area contributed by atoms with Crippen LogP contribution in [0, 0.1) is 0 Å². The predicted octanol–water partition coefficient (Wildman–Crippen LogP) is 3.16. The van der Waals surface area contributed by atoms with E-state index in [9.17, 15) is 9.59 Å². The van der Waals surface area contributed by atoms with Gasteiger partial charge in [0.25, 0.3) is 5.56 Å². The molecule has 0 aliphatic heterocycles. The SMILES string of the molecule is O=C(CSc1nc2ccccc2c(=O)n1CCCO)Nc1ccc(Cl)cc1. The Morgan fingerprint density at radius 2 is 1.93 bits per heavy atom. The lowest BCUT2D eigenvalue weighted by Gasteiger charge is -2.12. The van der Waals surface area contributed by atoms with Gasteiger partial charge in [-0.2, -0.15) is 0 Å². The number of hydrogen-bond acceptors (Lipinski definition) is 5. The zero-order valence-corrected chi connectivity index (χ0v) is 16.0. The van der Waals surface area contributed by atoms with Gasteiger partial charge >= 0.3 is 0 Å². The number of aliphatic hydroxyl groups excluding tert-OH is 1. The molecule has 3 rings (SSSR count). The zero-order valence-electron chi connectivity index (χ0n) is 14.4. The molecule has 1 amide bonds. The van der Waals surface area contributed by atoms with Crippen LogP contribution >= 0.6 is 23.4 Å². The number of rotatable bonds is 7. The minimum atomic E-state index is -0.210. The van der Waals surface area contributed by atoms with E-state index in [0.29, 0.717) is 39.7 Å². The van der Waals surface area contributed by atoms with Crippen molar-refractivity contribution >= 4 is 45.9 Å². The molecule has 0 unspecified atom stereocenters. The lowest BCUT2D eigenvalue weighted by molar-refractivity contribution is -0.113. The Kier molecular flexibility index (Phi) is 6.49. The first-order valence-electron chi connectivity index (χ1n) is 8.37. The van der Waals surface area contributed by atoms with Crippen molar-refractivity contribution in [3.63, 3.8) is 0 Å². The summed E-state index contributed by atoms with van der Waals surface area (Å²) in [6.45, 7) is 0.314. The maximum Gasteiger partial charge on any atom is 0.262 e. The molecule has 0 aliphatic rings. The van der Waals surface area contributed by atoms with Crippen LogP contribution in [0.15, 0.2) is 58.5 Å². The predicted molar refractivity (Wildman–Crippen MR) is 109 cm³/mol. The van der Waals surface area contributed by atoms with Gasteiger partial charge in [0.05, 0.1) is 16.7 Å². The number of nitrogens with zero attached hydrogens (tertiary/aromatic N) is 2. The van der Waals surface area contributed by atoms with Crippen molar-refractivity contribution in [2.45, 2.75) is 18.1 Å². The summed E-state index contributed by atoms with van der Waals surface area (Å²) >= 11 is 7.02. The lowest BCUT2D eigenvalue weighted by atomic mass is 10.2. The largest absolute Gasteiger partial charge is 0.396 e. The highest BCUT2D eigenvalue weighted by Gasteiger charge is 2.13. The number of hydrogen-bond donors (Lipinski definition) is 2. The quantitative estimate of drug-likeness (QED) is 0.467. The van der Waals surface area contributed by atoms with Crippen LogP contribution in [0.2, 0.25) is 5.02 Å². The monoisotopic (exact) mass is 403 g/mol. The first-order valence-corrected chi connectivity index (χ1v) is 9.73. The number of nitrogens with one attached hydrogen (secondary N) is 1. The van der Waals surface area contributed by atoms with Gasteiger partial charge in [0.1, 0.15) is 0 Å². The van der Waals surface area contributed by atoms with Crippen molar-refractivity contribution in [3.8, 4) is 0 Å². The second kappa shape index (κ2) is 9.03. The van der Waals surface area contributed by atoms with E-state index in [1.165, 1.54) is 16.3 Å². The summed E-state index contributed by atoms with van der Waals surface area (Å²) in [6, 6.07) is 13.9. The molecule has 0 saturated carbocycles. The van der Waals surface area contributed by atoms with Gasteiger partial charge in [-0.15, -0.1) is 0 Å². The molecule has 2 aromatic carbocycles. The molecule has 0 fully saturated rings. The summed E-state index contributed by atoms with van der Waals surface area (Å²) < 4.78 is 1.51. The van der Waals surface area contributed by atoms with Crippen molar-refractivity contribution in [3.05, 3.63) is 63.9 Å². The van der Waals surface area contributed by atoms with E-state index in [2.05, 4.69) is 10.3 Å². The molecule has 27 heavy (non-hydrogen) atoms. The average Bonchev–Trinajstić information content (AvgIpc) is 2.68. The molecule has 0 saturated heterocycles. The minimum Gasteiger partial charge on any atom is -0.396 e. The number of para-hydroxylation sites is 1. The fourth-order valence-corrected chi connectivity index (χ4v) is 3.50. The van der Waals surface area contributed by atoms with Gasteiger partial charge in [-0.25, -0.2) is 4.98 Å². The number of aliphatic hydroxyl groups is 1. The summed E-state index contributed by atoms with van der Waals surface area (Å²) in [5, 5.41) is 13.5. The molecule has 0 aliphatic carbocycles. The van der Waals surface area contributed by atoms with Crippen LogP contribution in [0.4, 0.5) is 5.69 Å². The van der Waals surface area contributed by atoms with Gasteiger partial charge in [0, 0.05) is 23.9 Å². The highest BCUT2D eigenvalue weighted by Crippen LogP contribution is 2.19. The van der Waals surface area contributed by atoms with Crippen LogP contribution in [-0.2, 0) is 11.3 Å². The number of halogens is 1. The van der Waals surface area contributed by atoms with E-state index in [0.717, 1.165) is 0 Å². The molecule has 0 radical (unpaired) electrons. The van der Waals surface area contributed by atoms with E-state index in [1.54, 1.807) is 42.5 Å². The van der Waals surface area contributed by atoms with Crippen molar-refractivity contribution in [1.82, 2.24) is 9.55 Å². The Balaban J connectivity index is 1.79. The summed E-state index contributed by atoms with van der Waals surface area (Å²) in [5.74, 6) is -0.106. The number of amides is 1. The van der Waals surface area contributed by atoms with E-state index in [4.69, 9.17) is 16.7 Å². The number of thioether (sulfide) groups is 1. The molecule has 0 atom stereocenters. The van der Waals surface area contributed by atoms with Crippen molar-refractivity contribution < 1.29 is 9.90 Å². The van der Waals surface area contributed by atoms with Crippen molar-refractivity contribution in [1.29, 1.82) is 0 Å². The standard InChI is InChI=1S/C19H18ClN3O3S/c20-13-6-8-14(9-7-13)21-17(25)12-27-19-22-16-5-2-1-4-15(16)18(26)23(19)10-3-11-24/h1-2,4-9,24H,3,10-12H2,(H,21,25). The number of fused-ring (bicyclic) bond motifs is 1. The maximum atomic E-state index is 12.7. The van der Waals surface area contributed by atoms with E-state index >= 15 is 0 Å². The molecule has 0 spiro atoms. The number of anilines is 1. The maximum absolute atomic E-state index is 12.7. The average molecular weight is 404 g/mol. The van der Waals surface area contributed by atoms with Crippen LogP contribution in [0.5, 0.6) is 0 Å². The van der Waals surface area contributed by atoms with E-state index < -0.39 is 0 Å². The summed E-state index contributed by atoms with van der Waals surface area (Å²) in [4.78, 5) is 29.5. The summed E-state index contributed by atoms with van der Waals surface area (Å²) in [5.41, 5.74) is 1.06.